The Hall–Kier alpha value is -2.81. The van der Waals surface area contributed by atoms with Crippen LogP contribution in [0.3, 0.4) is 0 Å². The Morgan fingerprint density at radius 3 is 2.67 bits per heavy atom. The summed E-state index contributed by atoms with van der Waals surface area (Å²) in [6, 6.07) is 10.3. The van der Waals surface area contributed by atoms with Crippen molar-refractivity contribution >= 4 is 17.7 Å². The summed E-state index contributed by atoms with van der Waals surface area (Å²) in [5.74, 6) is -1.61. The van der Waals surface area contributed by atoms with Crippen molar-refractivity contribution in [2.45, 2.75) is 25.0 Å². The SMILES string of the molecule is Cc1ccc(-n2nnnc2SCC(=O)N[C@@H](C)c2ccc(F)cc2F)cc1. The second kappa shape index (κ2) is 8.26. The summed E-state index contributed by atoms with van der Waals surface area (Å²) in [5.41, 5.74) is 2.12. The fraction of sp³-hybridized carbons (Fsp3) is 0.222. The number of nitrogens with zero attached hydrogens (tertiary/aromatic N) is 4. The van der Waals surface area contributed by atoms with Crippen LogP contribution in [0.1, 0.15) is 24.1 Å². The molecule has 2 aromatic carbocycles. The number of hydrogen-bond donors (Lipinski definition) is 1. The fourth-order valence-electron chi connectivity index (χ4n) is 2.46. The van der Waals surface area contributed by atoms with E-state index in [0.29, 0.717) is 5.16 Å². The number of carbonyl (C=O) groups is 1. The van der Waals surface area contributed by atoms with Crippen LogP contribution in [0.15, 0.2) is 47.6 Å². The van der Waals surface area contributed by atoms with Crippen LogP contribution in [0.4, 0.5) is 8.78 Å². The van der Waals surface area contributed by atoms with E-state index in [2.05, 4.69) is 20.8 Å². The largest absolute Gasteiger partial charge is 0.349 e. The number of aromatic nitrogens is 4. The summed E-state index contributed by atoms with van der Waals surface area (Å²) in [6.07, 6.45) is 0. The molecule has 0 fully saturated rings. The molecule has 0 aliphatic heterocycles. The lowest BCUT2D eigenvalue weighted by Crippen LogP contribution is -2.28. The predicted molar refractivity (Wildman–Crippen MR) is 97.5 cm³/mol. The lowest BCUT2D eigenvalue weighted by atomic mass is 10.1. The highest BCUT2D eigenvalue weighted by atomic mass is 32.2. The second-order valence-corrected chi connectivity index (χ2v) is 6.90. The van der Waals surface area contributed by atoms with E-state index in [1.807, 2.05) is 31.2 Å². The highest BCUT2D eigenvalue weighted by molar-refractivity contribution is 7.99. The average molecular weight is 389 g/mol. The summed E-state index contributed by atoms with van der Waals surface area (Å²) >= 11 is 1.17. The summed E-state index contributed by atoms with van der Waals surface area (Å²) in [4.78, 5) is 12.2. The van der Waals surface area contributed by atoms with Crippen LogP contribution < -0.4 is 5.32 Å². The molecule has 0 saturated carbocycles. The zero-order valence-corrected chi connectivity index (χ0v) is 15.5. The van der Waals surface area contributed by atoms with Gasteiger partial charge in [0, 0.05) is 11.6 Å². The first-order valence-electron chi connectivity index (χ1n) is 8.16. The van der Waals surface area contributed by atoms with Crippen molar-refractivity contribution in [1.29, 1.82) is 0 Å². The molecule has 0 saturated heterocycles. The first-order chi connectivity index (χ1) is 12.9. The second-order valence-electron chi connectivity index (χ2n) is 5.95. The van der Waals surface area contributed by atoms with Crippen molar-refractivity contribution in [3.8, 4) is 5.69 Å². The molecule has 140 valence electrons. The van der Waals surface area contributed by atoms with Crippen molar-refractivity contribution < 1.29 is 13.6 Å². The van der Waals surface area contributed by atoms with E-state index in [1.165, 1.54) is 17.8 Å². The van der Waals surface area contributed by atoms with Crippen molar-refractivity contribution in [1.82, 2.24) is 25.5 Å². The molecule has 1 amide bonds. The Kier molecular flexibility index (Phi) is 5.80. The molecule has 1 aromatic heterocycles. The summed E-state index contributed by atoms with van der Waals surface area (Å²) in [6.45, 7) is 3.61. The Labute approximate surface area is 159 Å². The molecule has 0 aliphatic carbocycles. The van der Waals surface area contributed by atoms with Crippen LogP contribution in [0.25, 0.3) is 5.69 Å². The molecule has 1 atom stereocenters. The topological polar surface area (TPSA) is 72.7 Å². The van der Waals surface area contributed by atoms with Gasteiger partial charge in [-0.2, -0.15) is 4.68 Å². The lowest BCUT2D eigenvalue weighted by molar-refractivity contribution is -0.119. The molecule has 0 spiro atoms. The molecule has 3 aromatic rings. The van der Waals surface area contributed by atoms with Gasteiger partial charge >= 0.3 is 0 Å². The number of tetrazole rings is 1. The fourth-order valence-corrected chi connectivity index (χ4v) is 3.16. The van der Waals surface area contributed by atoms with Gasteiger partial charge in [0.2, 0.25) is 11.1 Å². The molecule has 1 heterocycles. The quantitative estimate of drug-likeness (QED) is 0.656. The summed E-state index contributed by atoms with van der Waals surface area (Å²) < 4.78 is 28.3. The van der Waals surface area contributed by atoms with Crippen molar-refractivity contribution in [2.75, 3.05) is 5.75 Å². The first-order valence-corrected chi connectivity index (χ1v) is 9.15. The van der Waals surface area contributed by atoms with Crippen LogP contribution in [0.2, 0.25) is 0 Å². The highest BCUT2D eigenvalue weighted by Crippen LogP contribution is 2.20. The maximum Gasteiger partial charge on any atom is 0.230 e. The third kappa shape index (κ3) is 4.68. The van der Waals surface area contributed by atoms with Crippen LogP contribution in [0.5, 0.6) is 0 Å². The number of thioether (sulfide) groups is 1. The zero-order chi connectivity index (χ0) is 19.4. The van der Waals surface area contributed by atoms with E-state index in [9.17, 15) is 13.6 Å². The van der Waals surface area contributed by atoms with Gasteiger partial charge in [-0.15, -0.1) is 5.10 Å². The van der Waals surface area contributed by atoms with Gasteiger partial charge in [0.15, 0.2) is 0 Å². The minimum atomic E-state index is -0.696. The Morgan fingerprint density at radius 2 is 1.96 bits per heavy atom. The number of nitrogens with one attached hydrogen (secondary N) is 1. The molecule has 0 bridgehead atoms. The van der Waals surface area contributed by atoms with Crippen LogP contribution in [0, 0.1) is 18.6 Å². The van der Waals surface area contributed by atoms with Gasteiger partial charge in [-0.05, 0) is 42.5 Å². The molecule has 9 heteroatoms. The van der Waals surface area contributed by atoms with Gasteiger partial charge < -0.3 is 5.32 Å². The molecule has 3 rings (SSSR count). The number of halogens is 2. The average Bonchev–Trinajstić information content (AvgIpc) is 3.09. The molecule has 0 unspecified atom stereocenters. The zero-order valence-electron chi connectivity index (χ0n) is 14.7. The van der Waals surface area contributed by atoms with E-state index >= 15 is 0 Å². The minimum absolute atomic E-state index is 0.0549. The number of hydrogen-bond acceptors (Lipinski definition) is 5. The van der Waals surface area contributed by atoms with Crippen LogP contribution in [-0.2, 0) is 4.79 Å². The predicted octanol–water partition coefficient (Wildman–Crippen LogP) is 3.22. The van der Waals surface area contributed by atoms with E-state index in [0.717, 1.165) is 23.4 Å². The minimum Gasteiger partial charge on any atom is -0.349 e. The number of aryl methyl sites for hydroxylation is 1. The Balaban J connectivity index is 1.61. The van der Waals surface area contributed by atoms with Crippen molar-refractivity contribution in [3.05, 3.63) is 65.2 Å². The molecular weight excluding hydrogens is 372 g/mol. The standard InChI is InChI=1S/C18H17F2N5OS/c1-11-3-6-14(7-4-11)25-18(22-23-24-25)27-10-17(26)21-12(2)15-8-5-13(19)9-16(15)20/h3-9,12H,10H2,1-2H3,(H,21,26)/t12-/m0/s1. The maximum absolute atomic E-state index is 13.8. The van der Waals surface area contributed by atoms with Crippen molar-refractivity contribution in [2.24, 2.45) is 0 Å². The smallest absolute Gasteiger partial charge is 0.230 e. The number of amides is 1. The molecule has 0 aliphatic rings. The van der Waals surface area contributed by atoms with Crippen LogP contribution >= 0.6 is 11.8 Å². The van der Waals surface area contributed by atoms with Gasteiger partial charge in [-0.3, -0.25) is 4.79 Å². The van der Waals surface area contributed by atoms with Gasteiger partial charge in [0.05, 0.1) is 17.5 Å². The third-order valence-electron chi connectivity index (χ3n) is 3.86. The molecule has 6 nitrogen and oxygen atoms in total. The number of carbonyl (C=O) groups excluding carboxylic acids is 1. The van der Waals surface area contributed by atoms with Crippen LogP contribution in [-0.4, -0.2) is 31.9 Å². The molecule has 0 radical (unpaired) electrons. The molecule has 1 N–H and O–H groups in total. The molecule has 27 heavy (non-hydrogen) atoms. The van der Waals surface area contributed by atoms with Crippen molar-refractivity contribution in [3.63, 3.8) is 0 Å². The Bertz CT molecular complexity index is 945. The lowest BCUT2D eigenvalue weighted by Gasteiger charge is -2.15. The first kappa shape index (κ1) is 19.0. The summed E-state index contributed by atoms with van der Waals surface area (Å²) in [7, 11) is 0. The van der Waals surface area contributed by atoms with E-state index in [4.69, 9.17) is 0 Å². The van der Waals surface area contributed by atoms with Gasteiger partial charge in [-0.25, -0.2) is 8.78 Å². The van der Waals surface area contributed by atoms with E-state index in [1.54, 1.807) is 11.6 Å². The van der Waals surface area contributed by atoms with Gasteiger partial charge in [0.25, 0.3) is 0 Å². The van der Waals surface area contributed by atoms with Gasteiger partial charge in [0.1, 0.15) is 11.6 Å². The summed E-state index contributed by atoms with van der Waals surface area (Å²) in [5, 5.41) is 14.7. The third-order valence-corrected chi connectivity index (χ3v) is 4.78. The maximum atomic E-state index is 13.8. The normalized spacial score (nSPS) is 12.0. The van der Waals surface area contributed by atoms with E-state index < -0.39 is 17.7 Å². The number of rotatable bonds is 6. The highest BCUT2D eigenvalue weighted by Gasteiger charge is 2.16. The number of benzene rings is 2. The molecular formula is C18H17F2N5OS. The van der Waals surface area contributed by atoms with E-state index in [-0.39, 0.29) is 17.2 Å². The van der Waals surface area contributed by atoms with Gasteiger partial charge in [-0.1, -0.05) is 35.5 Å². The Morgan fingerprint density at radius 1 is 1.22 bits per heavy atom. The monoisotopic (exact) mass is 389 g/mol.